The minimum Gasteiger partial charge on any atom is -0.481 e. The quantitative estimate of drug-likeness (QED) is 0.847. The number of aryl methyl sites for hydroxylation is 1. The van der Waals surface area contributed by atoms with Crippen molar-refractivity contribution in [3.05, 3.63) is 23.0 Å². The number of aromatic nitrogens is 1. The molecule has 1 heterocycles. The average molecular weight is 292 g/mol. The summed E-state index contributed by atoms with van der Waals surface area (Å²) in [5, 5.41) is 11.7. The molecule has 1 amide bonds. The summed E-state index contributed by atoms with van der Waals surface area (Å²) in [7, 11) is 0. The van der Waals surface area contributed by atoms with Gasteiger partial charge < -0.3 is 15.0 Å². The van der Waals surface area contributed by atoms with Crippen LogP contribution in [0, 0.1) is 13.8 Å². The summed E-state index contributed by atoms with van der Waals surface area (Å²) in [4.78, 5) is 23.1. The Hall–Kier alpha value is -1.78. The summed E-state index contributed by atoms with van der Waals surface area (Å²) in [6.07, 6.45) is 2.83. The van der Waals surface area contributed by atoms with Crippen molar-refractivity contribution < 1.29 is 14.7 Å². The topological polar surface area (TPSA) is 71.3 Å². The van der Waals surface area contributed by atoms with Crippen molar-refractivity contribution in [2.24, 2.45) is 0 Å². The predicted molar refractivity (Wildman–Crippen MR) is 80.6 cm³/mol. The van der Waals surface area contributed by atoms with Crippen LogP contribution in [-0.2, 0) is 4.79 Å². The fourth-order valence-corrected chi connectivity index (χ4v) is 2.76. The molecule has 21 heavy (non-hydrogen) atoms. The summed E-state index contributed by atoms with van der Waals surface area (Å²) in [6.45, 7) is 7.71. The zero-order valence-electron chi connectivity index (χ0n) is 13.2. The maximum atomic E-state index is 12.5. The van der Waals surface area contributed by atoms with Gasteiger partial charge in [0.2, 0.25) is 0 Å². The van der Waals surface area contributed by atoms with Gasteiger partial charge in [0.15, 0.2) is 0 Å². The smallest absolute Gasteiger partial charge is 0.303 e. The molecule has 0 atom stereocenters. The molecule has 1 saturated carbocycles. The van der Waals surface area contributed by atoms with Gasteiger partial charge in [0.1, 0.15) is 0 Å². The zero-order chi connectivity index (χ0) is 15.8. The van der Waals surface area contributed by atoms with Crippen molar-refractivity contribution in [1.29, 1.82) is 0 Å². The summed E-state index contributed by atoms with van der Waals surface area (Å²) in [5.74, 6) is -0.963. The molecule has 1 aliphatic rings. The second-order valence-electron chi connectivity index (χ2n) is 6.62. The van der Waals surface area contributed by atoms with E-state index >= 15 is 0 Å². The molecule has 1 aliphatic carbocycles. The van der Waals surface area contributed by atoms with Crippen LogP contribution in [0.25, 0.3) is 0 Å². The van der Waals surface area contributed by atoms with E-state index < -0.39 is 11.5 Å². The number of hydrogen-bond acceptors (Lipinski definition) is 2. The molecule has 0 bridgehead atoms. The molecule has 0 aliphatic heterocycles. The molecule has 0 saturated heterocycles. The third kappa shape index (κ3) is 3.65. The highest BCUT2D eigenvalue weighted by atomic mass is 16.4. The highest BCUT2D eigenvalue weighted by Crippen LogP contribution is 2.38. The number of hydrogen-bond donors (Lipinski definition) is 2. The van der Waals surface area contributed by atoms with Crippen LogP contribution in [0.15, 0.2) is 6.07 Å². The number of carboxylic acid groups (broad SMARTS) is 1. The molecule has 0 radical (unpaired) electrons. The third-order valence-corrected chi connectivity index (χ3v) is 4.06. The predicted octanol–water partition coefficient (Wildman–Crippen LogP) is 2.81. The van der Waals surface area contributed by atoms with Gasteiger partial charge in [-0.2, -0.15) is 0 Å². The van der Waals surface area contributed by atoms with Gasteiger partial charge in [0, 0.05) is 29.4 Å². The maximum Gasteiger partial charge on any atom is 0.303 e. The highest BCUT2D eigenvalue weighted by Gasteiger charge is 2.29. The monoisotopic (exact) mass is 292 g/mol. The Morgan fingerprint density at radius 3 is 2.52 bits per heavy atom. The van der Waals surface area contributed by atoms with Crippen LogP contribution in [-0.4, -0.2) is 27.1 Å². The summed E-state index contributed by atoms with van der Waals surface area (Å²) in [5.41, 5.74) is 2.28. The summed E-state index contributed by atoms with van der Waals surface area (Å²) >= 11 is 0. The first kappa shape index (κ1) is 15.6. The molecule has 1 aromatic rings. The molecule has 0 spiro atoms. The van der Waals surface area contributed by atoms with Crippen molar-refractivity contribution in [1.82, 2.24) is 9.88 Å². The van der Waals surface area contributed by atoms with E-state index in [0.29, 0.717) is 18.0 Å². The first-order chi connectivity index (χ1) is 9.71. The Kier molecular flexibility index (Phi) is 4.12. The third-order valence-electron chi connectivity index (χ3n) is 4.06. The number of carboxylic acids is 1. The molecule has 0 unspecified atom stereocenters. The van der Waals surface area contributed by atoms with Crippen LogP contribution < -0.4 is 5.32 Å². The van der Waals surface area contributed by atoms with E-state index in [1.807, 2.05) is 33.8 Å². The molecule has 2 rings (SSSR count). The van der Waals surface area contributed by atoms with E-state index in [1.54, 1.807) is 0 Å². The van der Waals surface area contributed by atoms with Gasteiger partial charge in [0.05, 0.1) is 5.56 Å². The van der Waals surface area contributed by atoms with Crippen molar-refractivity contribution in [2.75, 3.05) is 0 Å². The van der Waals surface area contributed by atoms with E-state index in [1.165, 1.54) is 12.8 Å². The molecule has 116 valence electrons. The summed E-state index contributed by atoms with van der Waals surface area (Å²) < 4.78 is 2.24. The lowest BCUT2D eigenvalue weighted by Crippen LogP contribution is -2.43. The molecule has 5 heteroatoms. The largest absolute Gasteiger partial charge is 0.481 e. The normalized spacial score (nSPS) is 15.0. The van der Waals surface area contributed by atoms with E-state index in [2.05, 4.69) is 9.88 Å². The SMILES string of the molecule is Cc1cc(C(=O)NC(C)(C)CCC(=O)O)c(C)n1C1CC1. The number of rotatable bonds is 6. The fraction of sp³-hybridized carbons (Fsp3) is 0.625. The number of nitrogens with zero attached hydrogens (tertiary/aromatic N) is 1. The van der Waals surface area contributed by atoms with E-state index in [0.717, 1.165) is 11.4 Å². The van der Waals surface area contributed by atoms with Gasteiger partial charge in [-0.1, -0.05) is 0 Å². The Balaban J connectivity index is 2.10. The lowest BCUT2D eigenvalue weighted by Gasteiger charge is -2.25. The van der Waals surface area contributed by atoms with E-state index in [-0.39, 0.29) is 12.3 Å². The Bertz CT molecular complexity index is 568. The molecule has 5 nitrogen and oxygen atoms in total. The molecule has 1 aromatic heterocycles. The van der Waals surface area contributed by atoms with Gasteiger partial charge in [0.25, 0.3) is 5.91 Å². The van der Waals surface area contributed by atoms with Crippen LogP contribution in [0.2, 0.25) is 0 Å². The second-order valence-corrected chi connectivity index (χ2v) is 6.62. The molecule has 2 N–H and O–H groups in total. The molecular weight excluding hydrogens is 268 g/mol. The summed E-state index contributed by atoms with van der Waals surface area (Å²) in [6, 6.07) is 2.47. The minimum atomic E-state index is -0.843. The average Bonchev–Trinajstić information content (AvgIpc) is 3.13. The van der Waals surface area contributed by atoms with Crippen molar-refractivity contribution in [2.45, 2.75) is 65.0 Å². The molecule has 1 fully saturated rings. The Morgan fingerprint density at radius 1 is 1.38 bits per heavy atom. The molecular formula is C16H24N2O3. The standard InChI is InChI=1S/C16H24N2O3/c1-10-9-13(11(2)18(10)12-5-6-12)15(21)17-16(3,4)8-7-14(19)20/h9,12H,5-8H2,1-4H3,(H,17,21)(H,19,20). The van der Waals surface area contributed by atoms with Crippen molar-refractivity contribution in [3.8, 4) is 0 Å². The molecule has 0 aromatic carbocycles. The number of aliphatic carboxylic acids is 1. The zero-order valence-corrected chi connectivity index (χ0v) is 13.2. The Morgan fingerprint density at radius 2 is 2.00 bits per heavy atom. The first-order valence-corrected chi connectivity index (χ1v) is 7.44. The van der Waals surface area contributed by atoms with Crippen LogP contribution in [0.1, 0.15) is 67.3 Å². The lowest BCUT2D eigenvalue weighted by molar-refractivity contribution is -0.137. The van der Waals surface area contributed by atoms with Crippen LogP contribution in [0.3, 0.4) is 0 Å². The van der Waals surface area contributed by atoms with Gasteiger partial charge in [-0.3, -0.25) is 9.59 Å². The second kappa shape index (κ2) is 5.54. The van der Waals surface area contributed by atoms with Gasteiger partial charge in [-0.15, -0.1) is 0 Å². The minimum absolute atomic E-state index is 0.0500. The van der Waals surface area contributed by atoms with Crippen LogP contribution in [0.4, 0.5) is 0 Å². The van der Waals surface area contributed by atoms with E-state index in [9.17, 15) is 9.59 Å². The van der Waals surface area contributed by atoms with E-state index in [4.69, 9.17) is 5.11 Å². The van der Waals surface area contributed by atoms with Crippen molar-refractivity contribution in [3.63, 3.8) is 0 Å². The van der Waals surface area contributed by atoms with Gasteiger partial charge in [-0.25, -0.2) is 0 Å². The highest BCUT2D eigenvalue weighted by molar-refractivity contribution is 5.96. The number of amides is 1. The van der Waals surface area contributed by atoms with Gasteiger partial charge in [-0.05, 0) is 53.0 Å². The maximum absolute atomic E-state index is 12.5. The first-order valence-electron chi connectivity index (χ1n) is 7.44. The number of nitrogens with one attached hydrogen (secondary N) is 1. The number of carbonyl (C=O) groups is 2. The lowest BCUT2D eigenvalue weighted by atomic mass is 9.98. The number of carbonyl (C=O) groups excluding carboxylic acids is 1. The van der Waals surface area contributed by atoms with Crippen LogP contribution >= 0.6 is 0 Å². The fourth-order valence-electron chi connectivity index (χ4n) is 2.76. The van der Waals surface area contributed by atoms with Crippen LogP contribution in [0.5, 0.6) is 0 Å². The van der Waals surface area contributed by atoms with Gasteiger partial charge >= 0.3 is 5.97 Å². The Labute approximate surface area is 125 Å². The van der Waals surface area contributed by atoms with Crippen molar-refractivity contribution >= 4 is 11.9 Å².